The number of aliphatic hydroxyl groups is 1. The number of aromatic hydroxyl groups is 1. The molecular weight excluding hydrogens is 678 g/mol. The fraction of sp³-hybridized carbons (Fsp3) is 0.474. The summed E-state index contributed by atoms with van der Waals surface area (Å²) in [5.74, 6) is -9.14. The van der Waals surface area contributed by atoms with Gasteiger partial charge in [0.1, 0.15) is 23.7 Å². The van der Waals surface area contributed by atoms with E-state index in [1.807, 2.05) is 0 Å². The third kappa shape index (κ3) is 7.44. The summed E-state index contributed by atoms with van der Waals surface area (Å²) in [4.78, 5) is 78.1. The number of phenolic OH excluding ortho intramolecular Hbond substituents is 1. The molecule has 1 aromatic rings. The molecule has 0 fully saturated rings. The Hall–Kier alpha value is -5.08. The Bertz CT molecular complexity index is 1790. The van der Waals surface area contributed by atoms with Crippen LogP contribution in [0.25, 0.3) is 0 Å². The van der Waals surface area contributed by atoms with Crippen molar-refractivity contribution in [1.82, 2.24) is 5.32 Å². The van der Waals surface area contributed by atoms with E-state index in [0.29, 0.717) is 0 Å². The molecule has 4 aliphatic rings. The number of carbonyl (C=O) groups is 6. The zero-order chi connectivity index (χ0) is 38.8. The number of allylic oxidation sites excluding steroid dienone is 4. The van der Waals surface area contributed by atoms with Crippen LogP contribution in [0.15, 0.2) is 47.9 Å². The second kappa shape index (κ2) is 15.7. The van der Waals surface area contributed by atoms with Crippen LogP contribution >= 0.6 is 0 Å². The van der Waals surface area contributed by atoms with Crippen molar-refractivity contribution in [3.63, 3.8) is 0 Å². The van der Waals surface area contributed by atoms with Gasteiger partial charge in [-0.05, 0) is 19.9 Å². The number of hydrogen-bond donors (Lipinski definition) is 3. The zero-order valence-corrected chi connectivity index (χ0v) is 30.5. The average molecular weight is 724 g/mol. The van der Waals surface area contributed by atoms with Crippen molar-refractivity contribution < 1.29 is 62.7 Å². The number of rotatable bonds is 4. The van der Waals surface area contributed by atoms with Crippen molar-refractivity contribution in [2.75, 3.05) is 7.11 Å². The Balaban J connectivity index is 1.85. The van der Waals surface area contributed by atoms with Gasteiger partial charge in [-0.25, -0.2) is 0 Å². The van der Waals surface area contributed by atoms with Crippen molar-refractivity contribution >= 4 is 35.7 Å². The number of hydrogen-bond acceptors (Lipinski definition) is 13. The summed E-state index contributed by atoms with van der Waals surface area (Å²) in [6, 6.07) is 0. The van der Waals surface area contributed by atoms with Gasteiger partial charge in [-0.2, -0.15) is 0 Å². The lowest BCUT2D eigenvalue weighted by Gasteiger charge is -2.38. The molecule has 9 atom stereocenters. The first-order valence-corrected chi connectivity index (χ1v) is 16.8. The van der Waals surface area contributed by atoms with Gasteiger partial charge in [0.2, 0.25) is 5.78 Å². The van der Waals surface area contributed by atoms with Gasteiger partial charge in [0, 0.05) is 61.8 Å². The molecule has 14 nitrogen and oxygen atoms in total. The van der Waals surface area contributed by atoms with E-state index in [0.717, 1.165) is 12.3 Å². The van der Waals surface area contributed by atoms with Crippen molar-refractivity contribution in [3.05, 3.63) is 70.2 Å². The van der Waals surface area contributed by atoms with E-state index in [9.17, 15) is 39.0 Å². The molecule has 3 N–H and O–H groups in total. The first kappa shape index (κ1) is 39.7. The molecule has 1 aliphatic carbocycles. The minimum Gasteiger partial charge on any atom is -0.507 e. The highest BCUT2D eigenvalue weighted by molar-refractivity contribution is 6.30. The maximum atomic E-state index is 13.9. The van der Waals surface area contributed by atoms with Crippen LogP contribution in [-0.2, 0) is 33.3 Å². The lowest BCUT2D eigenvalue weighted by Crippen LogP contribution is -2.47. The third-order valence-corrected chi connectivity index (χ3v) is 9.97. The van der Waals surface area contributed by atoms with Crippen LogP contribution in [0.1, 0.15) is 85.1 Å². The van der Waals surface area contributed by atoms with Crippen LogP contribution in [-0.4, -0.2) is 83.2 Å². The van der Waals surface area contributed by atoms with Gasteiger partial charge in [0.15, 0.2) is 5.78 Å². The van der Waals surface area contributed by atoms with Crippen molar-refractivity contribution in [1.29, 1.82) is 0 Å². The number of Topliss-reactive ketones (excluding diaryl/α,β-unsaturated/α-hetero) is 2. The predicted octanol–water partition coefficient (Wildman–Crippen LogP) is 3.81. The number of ether oxygens (including phenoxy) is 5. The van der Waals surface area contributed by atoms with E-state index in [1.165, 1.54) is 47.0 Å². The van der Waals surface area contributed by atoms with Crippen molar-refractivity contribution in [2.24, 2.45) is 23.7 Å². The van der Waals surface area contributed by atoms with Crippen LogP contribution in [0.5, 0.6) is 11.5 Å². The quantitative estimate of drug-likeness (QED) is 0.299. The highest BCUT2D eigenvalue weighted by Gasteiger charge is 2.51. The van der Waals surface area contributed by atoms with Crippen molar-refractivity contribution in [2.45, 2.75) is 85.6 Å². The Labute approximate surface area is 301 Å². The second-order valence-corrected chi connectivity index (χ2v) is 13.6. The highest BCUT2D eigenvalue weighted by Crippen LogP contribution is 2.48. The van der Waals surface area contributed by atoms with Crippen LogP contribution in [0.3, 0.4) is 0 Å². The molecule has 0 saturated carbocycles. The average Bonchev–Trinajstić information content (AvgIpc) is 3.36. The van der Waals surface area contributed by atoms with E-state index in [-0.39, 0.29) is 34.5 Å². The molecular formula is C38H45NO13. The normalized spacial score (nSPS) is 33.4. The number of methoxy groups -OCH3 is 1. The van der Waals surface area contributed by atoms with E-state index >= 15 is 0 Å². The molecule has 52 heavy (non-hydrogen) atoms. The molecule has 1 aromatic carbocycles. The molecule has 280 valence electrons. The first-order chi connectivity index (χ1) is 24.4. The largest absolute Gasteiger partial charge is 0.507 e. The van der Waals surface area contributed by atoms with Gasteiger partial charge in [-0.3, -0.25) is 28.8 Å². The smallest absolute Gasteiger partial charge is 0.312 e. The minimum atomic E-state index is -2.05. The summed E-state index contributed by atoms with van der Waals surface area (Å²) < 4.78 is 28.6. The molecule has 0 saturated heterocycles. The number of carbonyl (C=O) groups excluding carboxylic acids is 6. The van der Waals surface area contributed by atoms with E-state index in [4.69, 9.17) is 23.7 Å². The number of amides is 1. The Kier molecular flexibility index (Phi) is 12.0. The van der Waals surface area contributed by atoms with E-state index in [2.05, 4.69) is 5.32 Å². The Morgan fingerprint density at radius 2 is 1.63 bits per heavy atom. The first-order valence-electron chi connectivity index (χ1n) is 16.8. The summed E-state index contributed by atoms with van der Waals surface area (Å²) in [6.07, 6.45) is 4.40. The summed E-state index contributed by atoms with van der Waals surface area (Å²) in [7, 11) is 1.41. The standard InChI is InChI=1S/C38H45NO13/c1-17-11-10-12-18(2)37(47)39-24-15-25(42)27-28(32(24)45)31(44)22(6)35-29(27)36(46)38(8,52-35)50-14-13-26(48-9)19(3)34(51-23(7)41)21(5)30(43)20(4)33(17)49-16-40/h10-17,19-21,26,30,33-34,43-44H,1-9H3,(H,39,47)/b11-10+,14-13+,18-12+/t17-,19+,20-,21+,26-,30+,33-,34+,38-/m0/s1. The number of benzene rings is 1. The molecule has 0 aromatic heterocycles. The summed E-state index contributed by atoms with van der Waals surface area (Å²) in [6.45, 7) is 12.6. The molecule has 0 unspecified atom stereocenters. The number of fused-ring (bicyclic) bond motifs is 14. The molecule has 3 aliphatic heterocycles. The van der Waals surface area contributed by atoms with Crippen molar-refractivity contribution in [3.8, 4) is 11.5 Å². The molecule has 0 radical (unpaired) electrons. The zero-order valence-electron chi connectivity index (χ0n) is 30.5. The van der Waals surface area contributed by atoms with Crippen LogP contribution < -0.4 is 10.1 Å². The Morgan fingerprint density at radius 3 is 2.25 bits per heavy atom. The third-order valence-electron chi connectivity index (χ3n) is 9.97. The second-order valence-electron chi connectivity index (χ2n) is 13.6. The van der Waals surface area contributed by atoms with Crippen LogP contribution in [0, 0.1) is 30.6 Å². The number of ketones is 3. The minimum absolute atomic E-state index is 0.000707. The maximum Gasteiger partial charge on any atom is 0.312 e. The van der Waals surface area contributed by atoms with Gasteiger partial charge in [-0.15, -0.1) is 0 Å². The molecule has 5 bridgehead atoms. The van der Waals surface area contributed by atoms with Crippen LogP contribution in [0.2, 0.25) is 0 Å². The number of nitrogens with one attached hydrogen (secondary N) is 1. The van der Waals surface area contributed by atoms with Gasteiger partial charge >= 0.3 is 11.8 Å². The topological polar surface area (TPSA) is 201 Å². The van der Waals surface area contributed by atoms with Gasteiger partial charge in [0.25, 0.3) is 18.2 Å². The van der Waals surface area contributed by atoms with E-state index in [1.54, 1.807) is 39.8 Å². The monoisotopic (exact) mass is 723 g/mol. The van der Waals surface area contributed by atoms with Crippen LogP contribution in [0.4, 0.5) is 0 Å². The fourth-order valence-electron chi connectivity index (χ4n) is 6.92. The highest BCUT2D eigenvalue weighted by atomic mass is 16.7. The number of phenols is 1. The molecule has 0 spiro atoms. The molecule has 3 heterocycles. The van der Waals surface area contributed by atoms with Gasteiger partial charge in [0.05, 0.1) is 40.9 Å². The molecule has 1 amide bonds. The Morgan fingerprint density at radius 1 is 0.981 bits per heavy atom. The van der Waals surface area contributed by atoms with E-state index < -0.39 is 100 Å². The van der Waals surface area contributed by atoms with Gasteiger partial charge in [-0.1, -0.05) is 45.9 Å². The van der Waals surface area contributed by atoms with Gasteiger partial charge < -0.3 is 39.2 Å². The fourth-order valence-corrected chi connectivity index (χ4v) is 6.92. The summed E-state index contributed by atoms with van der Waals surface area (Å²) in [5, 5.41) is 25.1. The lowest BCUT2D eigenvalue weighted by molar-refractivity contribution is -0.162. The number of esters is 1. The number of aliphatic hydroxyl groups excluding tert-OH is 1. The molecule has 5 rings (SSSR count). The molecule has 14 heteroatoms. The summed E-state index contributed by atoms with van der Waals surface area (Å²) >= 11 is 0. The SMILES string of the molecule is CO[C@H]1/C=C/O[C@@]2(C)Oc3c(C)c(O)c4c(c3C2=O)C(=O)C=C(NC(=O)/C(C)=C/C=C/[C@H](C)[C@H](OC=O)[C@@H](C)[C@@H](O)[C@@H](C)[C@H](OC(C)=O)[C@@H]1C)C4=O. The maximum absolute atomic E-state index is 13.9. The predicted molar refractivity (Wildman–Crippen MR) is 184 cm³/mol. The lowest BCUT2D eigenvalue weighted by atomic mass is 9.78. The summed E-state index contributed by atoms with van der Waals surface area (Å²) in [5.41, 5.74) is -1.39.